The third-order valence-corrected chi connectivity index (χ3v) is 5.73. The predicted octanol–water partition coefficient (Wildman–Crippen LogP) is 6.70. The maximum Gasteiger partial charge on any atom is 0.244 e. The molecule has 172 valence electrons. The van der Waals surface area contributed by atoms with Crippen LogP contribution in [0.3, 0.4) is 0 Å². The largest absolute Gasteiger partial charge is 0.497 e. The molecule has 1 aromatic heterocycles. The van der Waals surface area contributed by atoms with Crippen molar-refractivity contribution in [3.63, 3.8) is 0 Å². The van der Waals surface area contributed by atoms with E-state index < -0.39 is 0 Å². The summed E-state index contributed by atoms with van der Waals surface area (Å²) in [6.07, 6.45) is 15.7. The minimum absolute atomic E-state index is 0.0505. The van der Waals surface area contributed by atoms with Gasteiger partial charge in [-0.2, -0.15) is 0 Å². The highest BCUT2D eigenvalue weighted by Crippen LogP contribution is 2.24. The number of nitrogens with zero attached hydrogens (tertiary/aromatic N) is 1. The zero-order chi connectivity index (χ0) is 23.2. The summed E-state index contributed by atoms with van der Waals surface area (Å²) in [5.74, 6) is 1.23. The van der Waals surface area contributed by atoms with Crippen molar-refractivity contribution in [2.75, 3.05) is 7.11 Å². The van der Waals surface area contributed by atoms with Gasteiger partial charge in [0.2, 0.25) is 5.91 Å². The Morgan fingerprint density at radius 1 is 1.12 bits per heavy atom. The van der Waals surface area contributed by atoms with Crippen molar-refractivity contribution in [2.24, 2.45) is 0 Å². The number of amides is 1. The van der Waals surface area contributed by atoms with E-state index in [1.807, 2.05) is 30.5 Å². The second-order valence-electron chi connectivity index (χ2n) is 8.41. The fraction of sp³-hybridized carbons (Fsp3) is 0.429. The topological polar surface area (TPSA) is 51.2 Å². The van der Waals surface area contributed by atoms with Crippen LogP contribution in [0.25, 0.3) is 5.57 Å². The number of pyridine rings is 1. The van der Waals surface area contributed by atoms with Crippen LogP contribution in [-0.4, -0.2) is 24.0 Å². The number of carbonyl (C=O) groups is 1. The Bertz CT molecular complexity index is 857. The maximum atomic E-state index is 12.4. The number of rotatable bonds is 13. The Morgan fingerprint density at radius 3 is 2.56 bits per heavy atom. The minimum Gasteiger partial charge on any atom is -0.497 e. The first-order valence-corrected chi connectivity index (χ1v) is 11.8. The minimum atomic E-state index is -0.0505. The fourth-order valence-corrected chi connectivity index (χ4v) is 3.64. The quantitative estimate of drug-likeness (QED) is 0.217. The van der Waals surface area contributed by atoms with Crippen LogP contribution in [0.2, 0.25) is 0 Å². The number of hydrogen-bond donors (Lipinski definition) is 1. The van der Waals surface area contributed by atoms with Crippen molar-refractivity contribution in [3.05, 3.63) is 78.1 Å². The molecule has 0 saturated heterocycles. The highest BCUT2D eigenvalue weighted by atomic mass is 16.5. The summed E-state index contributed by atoms with van der Waals surface area (Å²) in [4.78, 5) is 16.6. The van der Waals surface area contributed by atoms with E-state index in [0.29, 0.717) is 5.92 Å². The molecule has 1 N–H and O–H groups in total. The van der Waals surface area contributed by atoms with Gasteiger partial charge in [0.25, 0.3) is 0 Å². The number of benzene rings is 1. The monoisotopic (exact) mass is 434 g/mol. The zero-order valence-corrected chi connectivity index (χ0v) is 20.0. The number of methoxy groups -OCH3 is 1. The van der Waals surface area contributed by atoms with Crippen molar-refractivity contribution in [3.8, 4) is 5.75 Å². The summed E-state index contributed by atoms with van der Waals surface area (Å²) in [6, 6.07) is 12.3. The molecule has 2 atom stereocenters. The molecule has 0 fully saturated rings. The molecule has 1 heterocycles. The van der Waals surface area contributed by atoms with Gasteiger partial charge < -0.3 is 10.1 Å². The Hall–Kier alpha value is -2.88. The number of hydrogen-bond acceptors (Lipinski definition) is 3. The van der Waals surface area contributed by atoms with Crippen LogP contribution >= 0.6 is 0 Å². The van der Waals surface area contributed by atoms with E-state index in [4.69, 9.17) is 4.74 Å². The van der Waals surface area contributed by atoms with Crippen molar-refractivity contribution >= 4 is 11.5 Å². The lowest BCUT2D eigenvalue weighted by atomic mass is 9.96. The molecule has 0 saturated carbocycles. The predicted molar refractivity (Wildman–Crippen MR) is 134 cm³/mol. The molecule has 0 spiro atoms. The molecule has 0 radical (unpaired) electrons. The number of unbranched alkanes of at least 4 members (excludes halogenated alkanes) is 2. The SMILES string of the molecule is CCCCC/C(=C\C=C\C(=O)N[C@H](C)CCC(C)c1cccnc1)c1ccc(OC)cc1. The average Bonchev–Trinajstić information content (AvgIpc) is 2.82. The maximum absolute atomic E-state index is 12.4. The number of carbonyl (C=O) groups excluding carboxylic acids is 1. The summed E-state index contributed by atoms with van der Waals surface area (Å²) in [6.45, 7) is 6.47. The van der Waals surface area contributed by atoms with E-state index in [1.54, 1.807) is 19.4 Å². The van der Waals surface area contributed by atoms with E-state index >= 15 is 0 Å². The highest BCUT2D eigenvalue weighted by Gasteiger charge is 2.10. The van der Waals surface area contributed by atoms with Gasteiger partial charge in [-0.25, -0.2) is 0 Å². The van der Waals surface area contributed by atoms with Crippen LogP contribution in [-0.2, 0) is 4.79 Å². The second kappa shape index (κ2) is 14.2. The summed E-state index contributed by atoms with van der Waals surface area (Å²) in [5, 5.41) is 3.08. The van der Waals surface area contributed by atoms with Crippen LogP contribution < -0.4 is 10.1 Å². The molecular weight excluding hydrogens is 396 g/mol. The van der Waals surface area contributed by atoms with E-state index in [2.05, 4.69) is 55.3 Å². The summed E-state index contributed by atoms with van der Waals surface area (Å²) in [7, 11) is 1.68. The van der Waals surface area contributed by atoms with Crippen LogP contribution in [0.1, 0.15) is 76.3 Å². The van der Waals surface area contributed by atoms with Crippen LogP contribution in [0.4, 0.5) is 0 Å². The van der Waals surface area contributed by atoms with Crippen molar-refractivity contribution in [2.45, 2.75) is 71.3 Å². The van der Waals surface area contributed by atoms with Crippen LogP contribution in [0.5, 0.6) is 5.75 Å². The summed E-state index contributed by atoms with van der Waals surface area (Å²) >= 11 is 0. The van der Waals surface area contributed by atoms with Crippen LogP contribution in [0, 0.1) is 0 Å². The lowest BCUT2D eigenvalue weighted by Gasteiger charge is -2.16. The average molecular weight is 435 g/mol. The van der Waals surface area contributed by atoms with Gasteiger partial charge in [-0.1, -0.05) is 57.0 Å². The molecule has 1 amide bonds. The number of nitrogens with one attached hydrogen (secondary N) is 1. The first-order valence-electron chi connectivity index (χ1n) is 11.8. The summed E-state index contributed by atoms with van der Waals surface area (Å²) in [5.41, 5.74) is 3.65. The molecule has 0 aliphatic rings. The molecular formula is C28H38N2O2. The first-order chi connectivity index (χ1) is 15.5. The standard InChI is InChI=1S/C28H38N2O2/c1-5-6-7-10-24(25-16-18-27(32-4)19-17-25)11-8-13-28(31)30-23(3)15-14-22(2)26-12-9-20-29-21-26/h8-9,11-13,16-23H,5-7,10,14-15H2,1-4H3,(H,30,31)/b13-8+,24-11+/t22?,23-/m1/s1. The molecule has 2 aromatic rings. The third kappa shape index (κ3) is 9.09. The third-order valence-electron chi connectivity index (χ3n) is 5.73. The van der Waals surface area contributed by atoms with Gasteiger partial charge in [-0.3, -0.25) is 9.78 Å². The highest BCUT2D eigenvalue weighted by molar-refractivity contribution is 5.88. The molecule has 1 aromatic carbocycles. The van der Waals surface area contributed by atoms with Gasteiger partial charge in [-0.15, -0.1) is 0 Å². The number of allylic oxidation sites excluding steroid dienone is 3. The van der Waals surface area contributed by atoms with Crippen LogP contribution in [0.15, 0.2) is 67.0 Å². The molecule has 0 aliphatic heterocycles. The molecule has 2 rings (SSSR count). The lowest BCUT2D eigenvalue weighted by Crippen LogP contribution is -2.31. The Kier molecular flexibility index (Phi) is 11.3. The second-order valence-corrected chi connectivity index (χ2v) is 8.41. The molecule has 4 heteroatoms. The van der Waals surface area contributed by atoms with Gasteiger partial charge in [0.05, 0.1) is 7.11 Å². The Labute approximate surface area is 193 Å². The molecule has 0 aliphatic carbocycles. The fourth-order valence-electron chi connectivity index (χ4n) is 3.64. The normalized spacial score (nSPS) is 13.7. The van der Waals surface area contributed by atoms with Gasteiger partial charge in [0.1, 0.15) is 5.75 Å². The smallest absolute Gasteiger partial charge is 0.244 e. The zero-order valence-electron chi connectivity index (χ0n) is 20.0. The molecule has 4 nitrogen and oxygen atoms in total. The van der Waals surface area contributed by atoms with E-state index in [0.717, 1.165) is 31.4 Å². The van der Waals surface area contributed by atoms with E-state index in [1.165, 1.54) is 29.5 Å². The van der Waals surface area contributed by atoms with Crippen molar-refractivity contribution in [1.82, 2.24) is 10.3 Å². The molecule has 0 bridgehead atoms. The van der Waals surface area contributed by atoms with Crippen molar-refractivity contribution in [1.29, 1.82) is 0 Å². The number of aromatic nitrogens is 1. The number of ether oxygens (including phenoxy) is 1. The van der Waals surface area contributed by atoms with Gasteiger partial charge >= 0.3 is 0 Å². The van der Waals surface area contributed by atoms with E-state index in [-0.39, 0.29) is 11.9 Å². The Morgan fingerprint density at radius 2 is 1.91 bits per heavy atom. The lowest BCUT2D eigenvalue weighted by molar-refractivity contribution is -0.117. The first kappa shape index (κ1) is 25.4. The van der Waals surface area contributed by atoms with Crippen molar-refractivity contribution < 1.29 is 9.53 Å². The van der Waals surface area contributed by atoms with Gasteiger partial charge in [0.15, 0.2) is 0 Å². The summed E-state index contributed by atoms with van der Waals surface area (Å²) < 4.78 is 5.27. The molecule has 1 unspecified atom stereocenters. The van der Waals surface area contributed by atoms with E-state index in [9.17, 15) is 4.79 Å². The molecule has 32 heavy (non-hydrogen) atoms. The van der Waals surface area contributed by atoms with Gasteiger partial charge in [0, 0.05) is 24.5 Å². The van der Waals surface area contributed by atoms with Gasteiger partial charge in [-0.05, 0) is 73.4 Å². The Balaban J connectivity index is 1.89.